The number of carbonyl (C=O) groups is 1. The molecule has 9 nitrogen and oxygen atoms in total. The molecule has 4 unspecified atom stereocenters. The van der Waals surface area contributed by atoms with Crippen LogP contribution in [0.5, 0.6) is 0 Å². The van der Waals surface area contributed by atoms with Gasteiger partial charge in [0.05, 0.1) is 22.5 Å². The van der Waals surface area contributed by atoms with Gasteiger partial charge in [-0.05, 0) is 54.9 Å². The molecule has 176 valence electrons. The summed E-state index contributed by atoms with van der Waals surface area (Å²) in [6, 6.07) is 4.89. The maximum Gasteiger partial charge on any atom is 0.269 e. The van der Waals surface area contributed by atoms with Gasteiger partial charge in [0, 0.05) is 24.3 Å². The SMILES string of the molecule is CN1C=C(c2nc(NC(O)c3cc4c(s3)C3CCC4C3)ccc2F)NC(Nc2cn[nH]c2)C1=O. The van der Waals surface area contributed by atoms with Crippen LogP contribution in [0, 0.1) is 5.82 Å². The van der Waals surface area contributed by atoms with E-state index in [0.29, 0.717) is 29.0 Å². The third kappa shape index (κ3) is 3.61. The minimum absolute atomic E-state index is 0.0438. The number of nitrogens with zero attached hydrogens (tertiary/aromatic N) is 3. The molecule has 3 aromatic heterocycles. The average molecular weight is 482 g/mol. The van der Waals surface area contributed by atoms with Crippen molar-refractivity contribution in [3.05, 3.63) is 63.6 Å². The number of pyridine rings is 1. The topological polar surface area (TPSA) is 118 Å². The largest absolute Gasteiger partial charge is 0.369 e. The molecule has 1 amide bonds. The number of aliphatic hydroxyl groups is 1. The summed E-state index contributed by atoms with van der Waals surface area (Å²) in [4.78, 5) is 20.6. The summed E-state index contributed by atoms with van der Waals surface area (Å²) < 4.78 is 14.8. The number of aromatic nitrogens is 3. The number of hydrogen-bond acceptors (Lipinski definition) is 8. The number of aromatic amines is 1. The Morgan fingerprint density at radius 3 is 2.97 bits per heavy atom. The Balaban J connectivity index is 1.22. The van der Waals surface area contributed by atoms with Crippen LogP contribution in [-0.2, 0) is 4.79 Å². The van der Waals surface area contributed by atoms with Gasteiger partial charge in [0.25, 0.3) is 5.91 Å². The monoisotopic (exact) mass is 481 g/mol. The molecule has 0 spiro atoms. The Hall–Kier alpha value is -3.44. The van der Waals surface area contributed by atoms with Crippen LogP contribution in [0.15, 0.2) is 36.8 Å². The van der Waals surface area contributed by atoms with E-state index < -0.39 is 18.2 Å². The van der Waals surface area contributed by atoms with E-state index in [4.69, 9.17) is 0 Å². The first-order chi connectivity index (χ1) is 16.5. The van der Waals surface area contributed by atoms with Gasteiger partial charge in [-0.1, -0.05) is 0 Å². The number of carbonyl (C=O) groups excluding carboxylic acids is 1. The first-order valence-electron chi connectivity index (χ1n) is 11.2. The molecule has 3 aliphatic rings. The van der Waals surface area contributed by atoms with Gasteiger partial charge in [0.2, 0.25) is 0 Å². The lowest BCUT2D eigenvalue weighted by Crippen LogP contribution is -2.51. The zero-order chi connectivity index (χ0) is 23.4. The molecule has 0 radical (unpaired) electrons. The second-order valence-corrected chi connectivity index (χ2v) is 10.1. The van der Waals surface area contributed by atoms with Crippen molar-refractivity contribution in [3.8, 4) is 0 Å². The number of likely N-dealkylation sites (N-methyl/N-ethyl adjacent to an activating group) is 1. The predicted molar refractivity (Wildman–Crippen MR) is 126 cm³/mol. The molecule has 4 atom stereocenters. The van der Waals surface area contributed by atoms with E-state index >= 15 is 0 Å². The Morgan fingerprint density at radius 1 is 1.32 bits per heavy atom. The van der Waals surface area contributed by atoms with Crippen molar-refractivity contribution in [1.82, 2.24) is 25.4 Å². The van der Waals surface area contributed by atoms with E-state index in [2.05, 4.69) is 37.2 Å². The van der Waals surface area contributed by atoms with E-state index in [1.807, 2.05) is 0 Å². The molecule has 6 rings (SSSR count). The van der Waals surface area contributed by atoms with Gasteiger partial charge in [0.15, 0.2) is 18.2 Å². The van der Waals surface area contributed by atoms with Crippen molar-refractivity contribution in [2.24, 2.45) is 0 Å². The molecule has 0 saturated heterocycles. The van der Waals surface area contributed by atoms with Gasteiger partial charge < -0.3 is 26.0 Å². The molecule has 2 aliphatic carbocycles. The van der Waals surface area contributed by atoms with Gasteiger partial charge in [-0.3, -0.25) is 9.89 Å². The molecule has 3 aromatic rings. The van der Waals surface area contributed by atoms with E-state index in [1.54, 1.807) is 30.8 Å². The molecular formula is C23H24FN7O2S. The van der Waals surface area contributed by atoms with Gasteiger partial charge >= 0.3 is 0 Å². The lowest BCUT2D eigenvalue weighted by molar-refractivity contribution is -0.129. The van der Waals surface area contributed by atoms with Crippen LogP contribution in [-0.4, -0.2) is 44.3 Å². The fourth-order valence-electron chi connectivity index (χ4n) is 5.08. The van der Waals surface area contributed by atoms with E-state index in [0.717, 1.165) is 4.88 Å². The molecule has 2 bridgehead atoms. The molecule has 11 heteroatoms. The Kier molecular flexibility index (Phi) is 5.03. The Morgan fingerprint density at radius 2 is 2.18 bits per heavy atom. The number of hydrogen-bond donors (Lipinski definition) is 5. The fraction of sp³-hybridized carbons (Fsp3) is 0.348. The van der Waals surface area contributed by atoms with Crippen molar-refractivity contribution in [1.29, 1.82) is 0 Å². The number of aliphatic hydroxyl groups excluding tert-OH is 1. The first kappa shape index (κ1) is 21.1. The maximum absolute atomic E-state index is 14.8. The number of fused-ring (bicyclic) bond motifs is 5. The first-order valence-corrected chi connectivity index (χ1v) is 12.0. The normalized spacial score (nSPS) is 24.0. The number of halogens is 1. The Bertz CT molecular complexity index is 1250. The van der Waals surface area contributed by atoms with Gasteiger partial charge in [-0.2, -0.15) is 5.10 Å². The number of thiophene rings is 1. The van der Waals surface area contributed by atoms with Gasteiger partial charge in [-0.15, -0.1) is 11.3 Å². The van der Waals surface area contributed by atoms with Crippen LogP contribution in [0.3, 0.4) is 0 Å². The van der Waals surface area contributed by atoms with Crippen LogP contribution in [0.25, 0.3) is 5.70 Å². The summed E-state index contributed by atoms with van der Waals surface area (Å²) >= 11 is 1.65. The number of nitrogens with one attached hydrogen (secondary N) is 4. The zero-order valence-electron chi connectivity index (χ0n) is 18.4. The number of H-pyrrole nitrogens is 1. The van der Waals surface area contributed by atoms with E-state index in [1.165, 1.54) is 52.9 Å². The summed E-state index contributed by atoms with van der Waals surface area (Å²) in [7, 11) is 1.60. The molecular weight excluding hydrogens is 457 g/mol. The highest BCUT2D eigenvalue weighted by Crippen LogP contribution is 2.56. The predicted octanol–water partition coefficient (Wildman–Crippen LogP) is 3.27. The summed E-state index contributed by atoms with van der Waals surface area (Å²) in [5.41, 5.74) is 2.38. The summed E-state index contributed by atoms with van der Waals surface area (Å²) in [5.74, 6) is 0.807. The number of anilines is 2. The molecule has 34 heavy (non-hydrogen) atoms. The second kappa shape index (κ2) is 8.10. The summed E-state index contributed by atoms with van der Waals surface area (Å²) in [6.45, 7) is 0. The lowest BCUT2D eigenvalue weighted by Gasteiger charge is -2.30. The summed E-state index contributed by atoms with van der Waals surface area (Å²) in [6.07, 6.45) is 6.61. The van der Waals surface area contributed by atoms with Gasteiger partial charge in [0.1, 0.15) is 11.5 Å². The fourth-order valence-corrected chi connectivity index (χ4v) is 6.41. The maximum atomic E-state index is 14.8. The third-order valence-corrected chi connectivity index (χ3v) is 8.10. The molecule has 1 aliphatic heterocycles. The molecule has 1 fully saturated rings. The van der Waals surface area contributed by atoms with Crippen molar-refractivity contribution < 1.29 is 14.3 Å². The number of amides is 1. The second-order valence-electron chi connectivity index (χ2n) is 8.95. The van der Waals surface area contributed by atoms with Crippen LogP contribution < -0.4 is 16.0 Å². The van der Waals surface area contributed by atoms with Crippen LogP contribution in [0.1, 0.15) is 58.3 Å². The van der Waals surface area contributed by atoms with Crippen LogP contribution in [0.4, 0.5) is 15.9 Å². The molecule has 0 aromatic carbocycles. The standard InChI is InChI=1S/C23H24FN7O2S/c1-31-10-16(28-21(23(31)33)27-13-8-25-26-9-13)19-15(24)4-5-18(29-19)30-22(32)17-7-14-11-2-3-12(6-11)20(14)34-17/h4-5,7-12,21-22,27-28,32H,2-3,6H2,1H3,(H,25,26)(H,29,30). The zero-order valence-corrected chi connectivity index (χ0v) is 19.2. The van der Waals surface area contributed by atoms with Crippen molar-refractivity contribution in [2.75, 3.05) is 17.7 Å². The molecule has 4 heterocycles. The smallest absolute Gasteiger partial charge is 0.269 e. The minimum atomic E-state index is -0.936. The van der Waals surface area contributed by atoms with Crippen molar-refractivity contribution in [3.63, 3.8) is 0 Å². The molecule has 5 N–H and O–H groups in total. The van der Waals surface area contributed by atoms with Crippen molar-refractivity contribution in [2.45, 2.75) is 43.5 Å². The van der Waals surface area contributed by atoms with E-state index in [-0.39, 0.29) is 11.6 Å². The van der Waals surface area contributed by atoms with Crippen molar-refractivity contribution >= 4 is 34.4 Å². The summed E-state index contributed by atoms with van der Waals surface area (Å²) in [5, 5.41) is 26.4. The number of rotatable bonds is 6. The lowest BCUT2D eigenvalue weighted by atomic mass is 9.99. The quantitative estimate of drug-likeness (QED) is 0.343. The highest BCUT2D eigenvalue weighted by atomic mass is 32.1. The van der Waals surface area contributed by atoms with Crippen LogP contribution >= 0.6 is 11.3 Å². The minimum Gasteiger partial charge on any atom is -0.369 e. The third-order valence-electron chi connectivity index (χ3n) is 6.73. The highest BCUT2D eigenvalue weighted by Gasteiger charge is 2.39. The Labute approximate surface area is 199 Å². The van der Waals surface area contributed by atoms with E-state index in [9.17, 15) is 14.3 Å². The van der Waals surface area contributed by atoms with Gasteiger partial charge in [-0.25, -0.2) is 9.37 Å². The van der Waals surface area contributed by atoms with Crippen LogP contribution in [0.2, 0.25) is 0 Å². The average Bonchev–Trinajstić information content (AvgIpc) is 3.61. The molecule has 1 saturated carbocycles. The highest BCUT2D eigenvalue weighted by molar-refractivity contribution is 7.12.